The molecule has 0 saturated carbocycles. The van der Waals surface area contributed by atoms with Gasteiger partial charge in [-0.3, -0.25) is 4.79 Å². The van der Waals surface area contributed by atoms with Crippen molar-refractivity contribution in [2.45, 2.75) is 6.42 Å². The molecule has 0 spiro atoms. The van der Waals surface area contributed by atoms with Crippen molar-refractivity contribution >= 4 is 11.9 Å². The highest BCUT2D eigenvalue weighted by Gasteiger charge is 2.17. The second kappa shape index (κ2) is 8.62. The Morgan fingerprint density at radius 3 is 2.81 bits per heavy atom. The molecular weight excluding hydrogens is 330 g/mol. The van der Waals surface area contributed by atoms with Crippen molar-refractivity contribution in [3.05, 3.63) is 47.8 Å². The molecule has 138 valence electrons. The molecule has 0 radical (unpaired) electrons. The lowest BCUT2D eigenvalue weighted by Crippen LogP contribution is -2.45. The van der Waals surface area contributed by atoms with E-state index in [2.05, 4.69) is 32.1 Å². The molecule has 0 atom stereocenters. The van der Waals surface area contributed by atoms with Crippen LogP contribution in [0.2, 0.25) is 0 Å². The van der Waals surface area contributed by atoms with E-state index in [1.807, 2.05) is 24.3 Å². The molecule has 1 saturated heterocycles. The van der Waals surface area contributed by atoms with E-state index in [9.17, 15) is 4.79 Å². The van der Waals surface area contributed by atoms with Crippen molar-refractivity contribution in [3.8, 4) is 5.75 Å². The molecule has 0 bridgehead atoms. The summed E-state index contributed by atoms with van der Waals surface area (Å²) < 4.78 is 5.22. The number of benzene rings is 1. The molecule has 1 N–H and O–H groups in total. The first-order chi connectivity index (χ1) is 12.7. The van der Waals surface area contributed by atoms with Gasteiger partial charge in [0.15, 0.2) is 0 Å². The van der Waals surface area contributed by atoms with Crippen molar-refractivity contribution in [3.63, 3.8) is 0 Å². The summed E-state index contributed by atoms with van der Waals surface area (Å²) in [6.07, 6.45) is 2.39. The summed E-state index contributed by atoms with van der Waals surface area (Å²) in [6.45, 7) is 4.23. The van der Waals surface area contributed by atoms with Gasteiger partial charge in [0.25, 0.3) is 5.91 Å². The zero-order chi connectivity index (χ0) is 18.4. The number of anilines is 1. The van der Waals surface area contributed by atoms with Crippen molar-refractivity contribution in [2.75, 3.05) is 51.8 Å². The molecule has 1 amide bonds. The second-order valence-electron chi connectivity index (χ2n) is 6.39. The standard InChI is InChI=1S/C19H25N5O2/c1-23-10-12-24(13-11-23)19-21-9-7-17(22-19)18(25)20-8-6-15-4-3-5-16(14-15)26-2/h3-5,7,9,14H,6,8,10-13H2,1-2H3,(H,20,25). The Balaban J connectivity index is 1.55. The van der Waals surface area contributed by atoms with Crippen molar-refractivity contribution in [1.29, 1.82) is 0 Å². The minimum absolute atomic E-state index is 0.175. The van der Waals surface area contributed by atoms with Crippen LogP contribution in [0, 0.1) is 0 Å². The summed E-state index contributed by atoms with van der Waals surface area (Å²) >= 11 is 0. The molecule has 2 aromatic rings. The van der Waals surface area contributed by atoms with Crippen LogP contribution < -0.4 is 15.0 Å². The number of hydrogen-bond acceptors (Lipinski definition) is 6. The number of nitrogens with one attached hydrogen (secondary N) is 1. The van der Waals surface area contributed by atoms with Gasteiger partial charge in [-0.2, -0.15) is 0 Å². The molecule has 1 aromatic carbocycles. The van der Waals surface area contributed by atoms with Crippen LogP contribution >= 0.6 is 0 Å². The molecule has 0 aliphatic carbocycles. The predicted molar refractivity (Wildman–Crippen MR) is 101 cm³/mol. The highest BCUT2D eigenvalue weighted by molar-refractivity contribution is 5.92. The van der Waals surface area contributed by atoms with Crippen LogP contribution in [0.1, 0.15) is 16.1 Å². The van der Waals surface area contributed by atoms with E-state index in [-0.39, 0.29) is 5.91 Å². The SMILES string of the molecule is COc1cccc(CCNC(=O)c2ccnc(N3CCN(C)CC3)n2)c1. The van der Waals surface area contributed by atoms with Crippen LogP contribution in [-0.4, -0.2) is 67.7 Å². The molecule has 2 heterocycles. The highest BCUT2D eigenvalue weighted by Crippen LogP contribution is 2.13. The van der Waals surface area contributed by atoms with E-state index in [0.29, 0.717) is 18.2 Å². The first-order valence-corrected chi connectivity index (χ1v) is 8.83. The van der Waals surface area contributed by atoms with Gasteiger partial charge in [-0.1, -0.05) is 12.1 Å². The summed E-state index contributed by atoms with van der Waals surface area (Å²) in [4.78, 5) is 25.5. The molecular formula is C19H25N5O2. The Bertz CT molecular complexity index is 744. The maximum atomic E-state index is 12.4. The van der Waals surface area contributed by atoms with Crippen LogP contribution in [-0.2, 0) is 6.42 Å². The molecule has 1 aliphatic heterocycles. The van der Waals surface area contributed by atoms with Gasteiger partial charge < -0.3 is 19.9 Å². The number of piperazine rings is 1. The van der Waals surface area contributed by atoms with E-state index in [0.717, 1.165) is 43.9 Å². The molecule has 1 aliphatic rings. The van der Waals surface area contributed by atoms with Crippen LogP contribution in [0.5, 0.6) is 5.75 Å². The summed E-state index contributed by atoms with van der Waals surface area (Å²) in [5, 5.41) is 2.93. The van der Waals surface area contributed by atoms with E-state index < -0.39 is 0 Å². The summed E-state index contributed by atoms with van der Waals surface area (Å²) in [5.41, 5.74) is 1.52. The summed E-state index contributed by atoms with van der Waals surface area (Å²) in [5.74, 6) is 1.27. The molecule has 26 heavy (non-hydrogen) atoms. The third-order valence-electron chi connectivity index (χ3n) is 4.50. The number of hydrogen-bond donors (Lipinski definition) is 1. The van der Waals surface area contributed by atoms with E-state index in [1.165, 1.54) is 0 Å². The van der Waals surface area contributed by atoms with Gasteiger partial charge >= 0.3 is 0 Å². The maximum Gasteiger partial charge on any atom is 0.270 e. The average molecular weight is 355 g/mol. The number of likely N-dealkylation sites (N-methyl/N-ethyl adjacent to an activating group) is 1. The zero-order valence-electron chi connectivity index (χ0n) is 15.3. The van der Waals surface area contributed by atoms with Gasteiger partial charge in [0.2, 0.25) is 5.95 Å². The van der Waals surface area contributed by atoms with Crippen molar-refractivity contribution in [2.24, 2.45) is 0 Å². The van der Waals surface area contributed by atoms with Crippen molar-refractivity contribution in [1.82, 2.24) is 20.2 Å². The Morgan fingerprint density at radius 1 is 1.23 bits per heavy atom. The number of carbonyl (C=O) groups excluding carboxylic acids is 1. The topological polar surface area (TPSA) is 70.6 Å². The Morgan fingerprint density at radius 2 is 2.04 bits per heavy atom. The minimum atomic E-state index is -0.175. The van der Waals surface area contributed by atoms with Gasteiger partial charge in [0.05, 0.1) is 7.11 Å². The largest absolute Gasteiger partial charge is 0.497 e. The third kappa shape index (κ3) is 4.70. The smallest absolute Gasteiger partial charge is 0.270 e. The molecule has 7 heteroatoms. The van der Waals surface area contributed by atoms with E-state index >= 15 is 0 Å². The Kier molecular flexibility index (Phi) is 6.01. The van der Waals surface area contributed by atoms with Gasteiger partial charge in [-0.25, -0.2) is 9.97 Å². The highest BCUT2D eigenvalue weighted by atomic mass is 16.5. The fraction of sp³-hybridized carbons (Fsp3) is 0.421. The van der Waals surface area contributed by atoms with Gasteiger partial charge in [-0.05, 0) is 37.2 Å². The number of ether oxygens (including phenoxy) is 1. The number of amides is 1. The lowest BCUT2D eigenvalue weighted by molar-refractivity contribution is 0.0949. The third-order valence-corrected chi connectivity index (χ3v) is 4.50. The fourth-order valence-electron chi connectivity index (χ4n) is 2.87. The van der Waals surface area contributed by atoms with Crippen molar-refractivity contribution < 1.29 is 9.53 Å². The summed E-state index contributed by atoms with van der Waals surface area (Å²) in [7, 11) is 3.75. The molecule has 7 nitrogen and oxygen atoms in total. The van der Waals surface area contributed by atoms with E-state index in [4.69, 9.17) is 4.74 Å². The van der Waals surface area contributed by atoms with Gasteiger partial charge in [-0.15, -0.1) is 0 Å². The van der Waals surface area contributed by atoms with Crippen LogP contribution in [0.15, 0.2) is 36.5 Å². The number of nitrogens with zero attached hydrogens (tertiary/aromatic N) is 4. The first kappa shape index (κ1) is 18.1. The van der Waals surface area contributed by atoms with Gasteiger partial charge in [0, 0.05) is 38.9 Å². The number of aromatic nitrogens is 2. The zero-order valence-corrected chi connectivity index (χ0v) is 15.3. The summed E-state index contributed by atoms with van der Waals surface area (Å²) in [6, 6.07) is 9.50. The molecule has 3 rings (SSSR count). The first-order valence-electron chi connectivity index (χ1n) is 8.83. The van der Waals surface area contributed by atoms with Gasteiger partial charge in [0.1, 0.15) is 11.4 Å². The quantitative estimate of drug-likeness (QED) is 0.840. The Hall–Kier alpha value is -2.67. The minimum Gasteiger partial charge on any atom is -0.497 e. The van der Waals surface area contributed by atoms with Crippen LogP contribution in [0.4, 0.5) is 5.95 Å². The van der Waals surface area contributed by atoms with Crippen LogP contribution in [0.3, 0.4) is 0 Å². The average Bonchev–Trinajstić information content (AvgIpc) is 2.69. The Labute approximate surface area is 154 Å². The number of carbonyl (C=O) groups is 1. The number of methoxy groups -OCH3 is 1. The molecule has 1 aromatic heterocycles. The molecule has 1 fully saturated rings. The lowest BCUT2D eigenvalue weighted by atomic mass is 10.1. The normalized spacial score (nSPS) is 14.9. The number of rotatable bonds is 6. The maximum absolute atomic E-state index is 12.4. The second-order valence-corrected chi connectivity index (χ2v) is 6.39. The monoisotopic (exact) mass is 355 g/mol. The predicted octanol–water partition coefficient (Wildman–Crippen LogP) is 1.21. The lowest BCUT2D eigenvalue weighted by Gasteiger charge is -2.32. The van der Waals surface area contributed by atoms with E-state index in [1.54, 1.807) is 19.4 Å². The fourth-order valence-corrected chi connectivity index (χ4v) is 2.87. The molecule has 0 unspecified atom stereocenters. The van der Waals surface area contributed by atoms with Crippen LogP contribution in [0.25, 0.3) is 0 Å².